The van der Waals surface area contributed by atoms with Crippen molar-refractivity contribution in [2.24, 2.45) is 0 Å². The van der Waals surface area contributed by atoms with E-state index in [0.717, 1.165) is 18.5 Å². The lowest BCUT2D eigenvalue weighted by Crippen LogP contribution is -2.21. The van der Waals surface area contributed by atoms with Gasteiger partial charge in [-0.3, -0.25) is 4.79 Å². The number of benzene rings is 1. The molecule has 0 radical (unpaired) electrons. The number of carbonyl (C=O) groups is 1. The quantitative estimate of drug-likeness (QED) is 0.522. The summed E-state index contributed by atoms with van der Waals surface area (Å²) in [6.45, 7) is 5.53. The first-order chi connectivity index (χ1) is 8.17. The van der Waals surface area contributed by atoms with Gasteiger partial charge in [0, 0.05) is 13.0 Å². The third-order valence-electron chi connectivity index (χ3n) is 2.52. The van der Waals surface area contributed by atoms with Crippen molar-refractivity contribution < 1.29 is 9.90 Å². The van der Waals surface area contributed by atoms with Crippen LogP contribution in [0.5, 0.6) is 5.75 Å². The monoisotopic (exact) mass is 236 g/mol. The van der Waals surface area contributed by atoms with E-state index in [4.69, 9.17) is 0 Å². The molecule has 1 aromatic rings. The van der Waals surface area contributed by atoms with E-state index in [1.54, 1.807) is 12.1 Å². The number of hydrogen-bond donors (Lipinski definition) is 3. The first-order valence-corrected chi connectivity index (χ1v) is 5.99. The molecule has 0 heterocycles. The molecule has 1 rings (SSSR count). The molecule has 0 bridgehead atoms. The molecule has 1 amide bonds. The molecule has 3 N–H and O–H groups in total. The molecule has 0 aromatic heterocycles. The molecule has 0 spiro atoms. The number of phenolic OH excluding ortho intramolecular Hbond substituents is 1. The minimum absolute atomic E-state index is 0.0884. The molecule has 17 heavy (non-hydrogen) atoms. The first kappa shape index (κ1) is 13.5. The highest BCUT2D eigenvalue weighted by atomic mass is 16.3. The van der Waals surface area contributed by atoms with Crippen molar-refractivity contribution in [1.29, 1.82) is 0 Å². The molecular formula is C13H20N2O2. The molecular weight excluding hydrogens is 216 g/mol. The van der Waals surface area contributed by atoms with Crippen LogP contribution in [0.3, 0.4) is 0 Å². The number of aryl methyl sites for hydroxylation is 1. The van der Waals surface area contributed by atoms with Crippen LogP contribution >= 0.6 is 0 Å². The Hall–Kier alpha value is -1.55. The summed E-state index contributed by atoms with van der Waals surface area (Å²) in [4.78, 5) is 11.6. The van der Waals surface area contributed by atoms with E-state index in [1.807, 2.05) is 19.9 Å². The van der Waals surface area contributed by atoms with Crippen LogP contribution in [-0.4, -0.2) is 24.1 Å². The van der Waals surface area contributed by atoms with Crippen molar-refractivity contribution in [3.05, 3.63) is 23.8 Å². The number of amides is 1. The molecule has 4 nitrogen and oxygen atoms in total. The van der Waals surface area contributed by atoms with Crippen LogP contribution < -0.4 is 10.6 Å². The number of nitrogens with one attached hydrogen (secondary N) is 2. The smallest absolute Gasteiger partial charge is 0.225 e. The Kier molecular flexibility index (Phi) is 5.49. The van der Waals surface area contributed by atoms with Gasteiger partial charge in [-0.15, -0.1) is 0 Å². The Morgan fingerprint density at radius 1 is 1.35 bits per heavy atom. The summed E-state index contributed by atoms with van der Waals surface area (Å²) in [5.41, 5.74) is 1.58. The fraction of sp³-hybridized carbons (Fsp3) is 0.462. The van der Waals surface area contributed by atoms with E-state index in [-0.39, 0.29) is 11.7 Å². The Bertz CT molecular complexity index is 378. The number of phenols is 1. The summed E-state index contributed by atoms with van der Waals surface area (Å²) in [6, 6.07) is 5.27. The second-order valence-corrected chi connectivity index (χ2v) is 3.86. The summed E-state index contributed by atoms with van der Waals surface area (Å²) in [5, 5.41) is 15.4. The zero-order valence-electron chi connectivity index (χ0n) is 10.4. The number of rotatable bonds is 6. The topological polar surface area (TPSA) is 61.4 Å². The third-order valence-corrected chi connectivity index (χ3v) is 2.52. The van der Waals surface area contributed by atoms with Gasteiger partial charge in [0.25, 0.3) is 0 Å². The van der Waals surface area contributed by atoms with Crippen molar-refractivity contribution in [2.75, 3.05) is 18.4 Å². The zero-order valence-corrected chi connectivity index (χ0v) is 10.4. The Balaban J connectivity index is 2.57. The molecule has 0 aliphatic carbocycles. The SMILES string of the molecule is CCNCCC(=O)Nc1cc(CC)ccc1O. The van der Waals surface area contributed by atoms with E-state index in [1.165, 1.54) is 0 Å². The standard InChI is InChI=1S/C13H20N2O2/c1-3-10-5-6-12(16)11(9-10)15-13(17)7-8-14-4-2/h5-6,9,14,16H,3-4,7-8H2,1-2H3,(H,15,17). The van der Waals surface area contributed by atoms with Crippen LogP contribution in [0.4, 0.5) is 5.69 Å². The van der Waals surface area contributed by atoms with Gasteiger partial charge in [-0.2, -0.15) is 0 Å². The summed E-state index contributed by atoms with van der Waals surface area (Å²) in [7, 11) is 0. The fourth-order valence-electron chi connectivity index (χ4n) is 1.49. The van der Waals surface area contributed by atoms with Crippen LogP contribution in [0.2, 0.25) is 0 Å². The Labute approximate surface area is 102 Å². The van der Waals surface area contributed by atoms with Crippen LogP contribution in [-0.2, 0) is 11.2 Å². The van der Waals surface area contributed by atoms with Gasteiger partial charge in [-0.1, -0.05) is 19.9 Å². The van der Waals surface area contributed by atoms with Crippen molar-refractivity contribution in [3.63, 3.8) is 0 Å². The summed E-state index contributed by atoms with van der Waals surface area (Å²) >= 11 is 0. The number of carbonyl (C=O) groups excluding carboxylic acids is 1. The van der Waals surface area contributed by atoms with E-state index in [0.29, 0.717) is 18.7 Å². The van der Waals surface area contributed by atoms with Crippen LogP contribution in [0, 0.1) is 0 Å². The lowest BCUT2D eigenvalue weighted by atomic mass is 10.1. The fourth-order valence-corrected chi connectivity index (χ4v) is 1.49. The van der Waals surface area contributed by atoms with Crippen LogP contribution in [0.15, 0.2) is 18.2 Å². The largest absolute Gasteiger partial charge is 0.506 e. The van der Waals surface area contributed by atoms with E-state index in [9.17, 15) is 9.90 Å². The highest BCUT2D eigenvalue weighted by Crippen LogP contribution is 2.24. The van der Waals surface area contributed by atoms with Crippen LogP contribution in [0.1, 0.15) is 25.8 Å². The molecule has 94 valence electrons. The molecule has 1 aromatic carbocycles. The third kappa shape index (κ3) is 4.44. The van der Waals surface area contributed by atoms with Gasteiger partial charge in [-0.05, 0) is 30.7 Å². The Morgan fingerprint density at radius 2 is 2.12 bits per heavy atom. The minimum Gasteiger partial charge on any atom is -0.506 e. The molecule has 0 fully saturated rings. The summed E-state index contributed by atoms with van der Waals surface area (Å²) < 4.78 is 0. The molecule has 4 heteroatoms. The minimum atomic E-state index is -0.0884. The number of aromatic hydroxyl groups is 1. The maximum atomic E-state index is 11.6. The average Bonchev–Trinajstić information content (AvgIpc) is 2.32. The van der Waals surface area contributed by atoms with Crippen molar-refractivity contribution in [2.45, 2.75) is 26.7 Å². The highest BCUT2D eigenvalue weighted by Gasteiger charge is 2.06. The molecule has 0 atom stereocenters. The lowest BCUT2D eigenvalue weighted by molar-refractivity contribution is -0.116. The van der Waals surface area contributed by atoms with Gasteiger partial charge in [0.2, 0.25) is 5.91 Å². The van der Waals surface area contributed by atoms with Gasteiger partial charge in [-0.25, -0.2) is 0 Å². The van der Waals surface area contributed by atoms with Gasteiger partial charge >= 0.3 is 0 Å². The van der Waals surface area contributed by atoms with E-state index in [2.05, 4.69) is 10.6 Å². The van der Waals surface area contributed by atoms with E-state index < -0.39 is 0 Å². The van der Waals surface area contributed by atoms with Gasteiger partial charge in [0.05, 0.1) is 5.69 Å². The molecule has 0 saturated heterocycles. The van der Waals surface area contributed by atoms with Crippen molar-refractivity contribution in [1.82, 2.24) is 5.32 Å². The van der Waals surface area contributed by atoms with Crippen molar-refractivity contribution in [3.8, 4) is 5.75 Å². The first-order valence-electron chi connectivity index (χ1n) is 5.99. The average molecular weight is 236 g/mol. The highest BCUT2D eigenvalue weighted by molar-refractivity contribution is 5.92. The summed E-state index contributed by atoms with van der Waals surface area (Å²) in [6.07, 6.45) is 1.28. The molecule has 0 aliphatic heterocycles. The second kappa shape index (κ2) is 6.91. The van der Waals surface area contributed by atoms with Gasteiger partial charge < -0.3 is 15.7 Å². The van der Waals surface area contributed by atoms with Crippen molar-refractivity contribution >= 4 is 11.6 Å². The Morgan fingerprint density at radius 3 is 2.76 bits per heavy atom. The predicted molar refractivity (Wildman–Crippen MR) is 69.3 cm³/mol. The van der Waals surface area contributed by atoms with Gasteiger partial charge in [0.1, 0.15) is 5.75 Å². The lowest BCUT2D eigenvalue weighted by Gasteiger charge is -2.09. The maximum Gasteiger partial charge on any atom is 0.225 e. The molecule has 0 aliphatic rings. The van der Waals surface area contributed by atoms with Gasteiger partial charge in [0.15, 0.2) is 0 Å². The molecule has 0 unspecified atom stereocenters. The number of hydrogen-bond acceptors (Lipinski definition) is 3. The number of anilines is 1. The molecule has 0 saturated carbocycles. The predicted octanol–water partition coefficient (Wildman–Crippen LogP) is 1.89. The van der Waals surface area contributed by atoms with E-state index >= 15 is 0 Å². The van der Waals surface area contributed by atoms with Crippen LogP contribution in [0.25, 0.3) is 0 Å². The normalized spacial score (nSPS) is 10.2. The summed E-state index contributed by atoms with van der Waals surface area (Å²) in [5.74, 6) is 0.0218. The zero-order chi connectivity index (χ0) is 12.7. The maximum absolute atomic E-state index is 11.6. The second-order valence-electron chi connectivity index (χ2n) is 3.86.